The molecule has 94 valence electrons. The molecule has 0 fully saturated rings. The van der Waals surface area contributed by atoms with Crippen molar-refractivity contribution in [1.82, 2.24) is 14.8 Å². The predicted molar refractivity (Wildman–Crippen MR) is 71.5 cm³/mol. The molecular formula is C15H19N3. The number of hydrogen-bond donors (Lipinski definition) is 0. The Kier molecular flexibility index (Phi) is 2.90. The van der Waals surface area contributed by atoms with E-state index >= 15 is 0 Å². The number of rotatable bonds is 2. The van der Waals surface area contributed by atoms with Gasteiger partial charge in [0.15, 0.2) is 5.82 Å². The Hall–Kier alpha value is -1.64. The zero-order valence-corrected chi connectivity index (χ0v) is 11.1. The molecule has 0 amide bonds. The maximum absolute atomic E-state index is 4.69. The average Bonchev–Trinajstić information content (AvgIpc) is 2.73. The van der Waals surface area contributed by atoms with E-state index < -0.39 is 0 Å². The summed E-state index contributed by atoms with van der Waals surface area (Å²) in [7, 11) is 0. The van der Waals surface area contributed by atoms with E-state index in [4.69, 9.17) is 0 Å². The van der Waals surface area contributed by atoms with Gasteiger partial charge < -0.3 is 0 Å². The third-order valence-electron chi connectivity index (χ3n) is 3.77. The molecule has 1 unspecified atom stereocenters. The third kappa shape index (κ3) is 2.17. The first-order valence-electron chi connectivity index (χ1n) is 6.69. The summed E-state index contributed by atoms with van der Waals surface area (Å²) in [5.41, 5.74) is 2.65. The van der Waals surface area contributed by atoms with E-state index in [1.54, 1.807) is 0 Å². The molecule has 0 spiro atoms. The van der Waals surface area contributed by atoms with Gasteiger partial charge in [-0.1, -0.05) is 31.2 Å². The van der Waals surface area contributed by atoms with Gasteiger partial charge in [0.25, 0.3) is 0 Å². The molecule has 1 aliphatic rings. The Morgan fingerprint density at radius 1 is 1.33 bits per heavy atom. The smallest absolute Gasteiger partial charge is 0.155 e. The van der Waals surface area contributed by atoms with Gasteiger partial charge in [-0.3, -0.25) is 0 Å². The van der Waals surface area contributed by atoms with Gasteiger partial charge in [-0.25, -0.2) is 9.67 Å². The van der Waals surface area contributed by atoms with Gasteiger partial charge in [-0.05, 0) is 30.4 Å². The van der Waals surface area contributed by atoms with Crippen LogP contribution in [0.15, 0.2) is 24.3 Å². The van der Waals surface area contributed by atoms with Crippen LogP contribution < -0.4 is 0 Å². The molecular weight excluding hydrogens is 222 g/mol. The van der Waals surface area contributed by atoms with Crippen molar-refractivity contribution in [3.8, 4) is 0 Å². The number of hydrogen-bond acceptors (Lipinski definition) is 2. The Bertz CT molecular complexity index is 557. The van der Waals surface area contributed by atoms with Gasteiger partial charge >= 0.3 is 0 Å². The highest BCUT2D eigenvalue weighted by molar-refractivity contribution is 5.28. The van der Waals surface area contributed by atoms with Gasteiger partial charge in [-0.2, -0.15) is 5.10 Å². The Morgan fingerprint density at radius 2 is 2.17 bits per heavy atom. The van der Waals surface area contributed by atoms with E-state index in [-0.39, 0.29) is 0 Å². The Labute approximate surface area is 108 Å². The minimum Gasteiger partial charge on any atom is -0.250 e. The van der Waals surface area contributed by atoms with Gasteiger partial charge in [0.1, 0.15) is 5.82 Å². The molecule has 2 aromatic rings. The second-order valence-corrected chi connectivity index (χ2v) is 5.37. The van der Waals surface area contributed by atoms with Crippen molar-refractivity contribution in [1.29, 1.82) is 0 Å². The van der Waals surface area contributed by atoms with Crippen LogP contribution in [0.3, 0.4) is 0 Å². The summed E-state index contributed by atoms with van der Waals surface area (Å²) in [5, 5.41) is 4.63. The topological polar surface area (TPSA) is 30.7 Å². The highest BCUT2D eigenvalue weighted by atomic mass is 15.3. The maximum Gasteiger partial charge on any atom is 0.155 e. The zero-order valence-electron chi connectivity index (χ0n) is 11.1. The molecule has 0 aliphatic carbocycles. The second-order valence-electron chi connectivity index (χ2n) is 5.37. The molecule has 3 heteroatoms. The average molecular weight is 241 g/mol. The van der Waals surface area contributed by atoms with Crippen LogP contribution in [-0.2, 0) is 19.4 Å². The largest absolute Gasteiger partial charge is 0.250 e. The number of fused-ring (bicyclic) bond motifs is 1. The van der Waals surface area contributed by atoms with Crippen LogP contribution in [0, 0.1) is 12.8 Å². The number of benzene rings is 1. The van der Waals surface area contributed by atoms with Crippen LogP contribution in [0.5, 0.6) is 0 Å². The molecule has 3 rings (SSSR count). The molecule has 1 aliphatic heterocycles. The van der Waals surface area contributed by atoms with Crippen LogP contribution in [0.2, 0.25) is 0 Å². The van der Waals surface area contributed by atoms with Crippen molar-refractivity contribution in [3.05, 3.63) is 47.0 Å². The first kappa shape index (κ1) is 11.5. The van der Waals surface area contributed by atoms with Crippen LogP contribution in [0.1, 0.15) is 36.1 Å². The van der Waals surface area contributed by atoms with Crippen molar-refractivity contribution >= 4 is 0 Å². The Morgan fingerprint density at radius 3 is 3.00 bits per heavy atom. The lowest BCUT2D eigenvalue weighted by Gasteiger charge is -2.17. The quantitative estimate of drug-likeness (QED) is 0.809. The van der Waals surface area contributed by atoms with Crippen molar-refractivity contribution in [2.45, 2.75) is 39.7 Å². The van der Waals surface area contributed by atoms with E-state index in [0.717, 1.165) is 37.0 Å². The Balaban J connectivity index is 1.84. The van der Waals surface area contributed by atoms with E-state index in [0.29, 0.717) is 0 Å². The lowest BCUT2D eigenvalue weighted by molar-refractivity contribution is 0.385. The summed E-state index contributed by atoms with van der Waals surface area (Å²) in [6.45, 7) is 5.46. The van der Waals surface area contributed by atoms with Crippen molar-refractivity contribution < 1.29 is 0 Å². The molecule has 1 atom stereocenters. The summed E-state index contributed by atoms with van der Waals surface area (Å²) in [4.78, 5) is 4.69. The van der Waals surface area contributed by atoms with Gasteiger partial charge in [-0.15, -0.1) is 0 Å². The molecule has 0 saturated heterocycles. The molecule has 0 bridgehead atoms. The minimum absolute atomic E-state index is 0.744. The third-order valence-corrected chi connectivity index (χ3v) is 3.77. The molecule has 0 saturated carbocycles. The summed E-state index contributed by atoms with van der Waals surface area (Å²) in [5.74, 6) is 2.87. The lowest BCUT2D eigenvalue weighted by Crippen LogP contribution is -2.18. The van der Waals surface area contributed by atoms with Crippen LogP contribution >= 0.6 is 0 Å². The standard InChI is InChI=1S/C15H19N3/c1-11-7-8-18-15(9-11)16-14(17-18)10-13-6-4-3-5-12(13)2/h3-6,11H,7-10H2,1-2H3. The molecule has 1 aromatic carbocycles. The maximum atomic E-state index is 4.69. The van der Waals surface area contributed by atoms with Crippen molar-refractivity contribution in [3.63, 3.8) is 0 Å². The lowest BCUT2D eigenvalue weighted by atomic mass is 10.0. The van der Waals surface area contributed by atoms with E-state index in [9.17, 15) is 0 Å². The fraction of sp³-hybridized carbons (Fsp3) is 0.467. The van der Waals surface area contributed by atoms with Gasteiger partial charge in [0, 0.05) is 19.4 Å². The molecule has 1 aromatic heterocycles. The highest BCUT2D eigenvalue weighted by Gasteiger charge is 2.18. The van der Waals surface area contributed by atoms with Crippen molar-refractivity contribution in [2.24, 2.45) is 5.92 Å². The predicted octanol–water partition coefficient (Wildman–Crippen LogP) is 2.76. The van der Waals surface area contributed by atoms with Gasteiger partial charge in [0.2, 0.25) is 0 Å². The fourth-order valence-electron chi connectivity index (χ4n) is 2.57. The number of aromatic nitrogens is 3. The van der Waals surface area contributed by atoms with Crippen LogP contribution in [-0.4, -0.2) is 14.8 Å². The molecule has 3 nitrogen and oxygen atoms in total. The highest BCUT2D eigenvalue weighted by Crippen LogP contribution is 2.19. The monoisotopic (exact) mass is 241 g/mol. The summed E-state index contributed by atoms with van der Waals surface area (Å²) >= 11 is 0. The number of nitrogens with zero attached hydrogens (tertiary/aromatic N) is 3. The summed E-state index contributed by atoms with van der Waals surface area (Å²) in [6.07, 6.45) is 3.14. The van der Waals surface area contributed by atoms with Crippen LogP contribution in [0.25, 0.3) is 0 Å². The van der Waals surface area contributed by atoms with Crippen LogP contribution in [0.4, 0.5) is 0 Å². The SMILES string of the molecule is Cc1ccccc1Cc1nc2n(n1)CCC(C)C2. The fourth-order valence-corrected chi connectivity index (χ4v) is 2.57. The molecule has 0 radical (unpaired) electrons. The first-order chi connectivity index (χ1) is 8.72. The molecule has 2 heterocycles. The van der Waals surface area contributed by atoms with Crippen molar-refractivity contribution in [2.75, 3.05) is 0 Å². The summed E-state index contributed by atoms with van der Waals surface area (Å²) in [6, 6.07) is 8.47. The second kappa shape index (κ2) is 4.56. The molecule has 18 heavy (non-hydrogen) atoms. The minimum atomic E-state index is 0.744. The number of aryl methyl sites for hydroxylation is 2. The normalized spacial score (nSPS) is 18.7. The van der Waals surface area contributed by atoms with E-state index in [1.807, 2.05) is 0 Å². The summed E-state index contributed by atoms with van der Waals surface area (Å²) < 4.78 is 2.09. The van der Waals surface area contributed by atoms with Gasteiger partial charge in [0.05, 0.1) is 0 Å². The molecule has 0 N–H and O–H groups in total. The van der Waals surface area contributed by atoms with E-state index in [1.165, 1.54) is 17.5 Å². The zero-order chi connectivity index (χ0) is 12.5. The van der Waals surface area contributed by atoms with E-state index in [2.05, 4.69) is 52.9 Å². The first-order valence-corrected chi connectivity index (χ1v) is 6.69.